The molecule has 1 atom stereocenters. The molecule has 1 aromatic heterocycles. The number of aliphatic hydroxyl groups excluding tert-OH is 1. The predicted molar refractivity (Wildman–Crippen MR) is 86.0 cm³/mol. The minimum Gasteiger partial charge on any atom is -0.387 e. The van der Waals surface area contributed by atoms with E-state index in [1.165, 1.54) is 11.0 Å². The number of benzene rings is 1. The van der Waals surface area contributed by atoms with Crippen molar-refractivity contribution in [2.75, 3.05) is 0 Å². The Bertz CT molecular complexity index is 732. The SMILES string of the molecule is Cc1ccc(C)c([C@H](O)Cn2cnc(C3CCC3)cc2=O)c1. The second-order valence-corrected chi connectivity index (χ2v) is 6.31. The molecular formula is C18H22N2O2. The van der Waals surface area contributed by atoms with Crippen LogP contribution in [0.3, 0.4) is 0 Å². The average Bonchev–Trinajstić information content (AvgIpc) is 2.42. The number of hydrogen-bond donors (Lipinski definition) is 1. The first-order chi connectivity index (χ1) is 10.5. The molecule has 1 heterocycles. The molecule has 3 rings (SSSR count). The van der Waals surface area contributed by atoms with Gasteiger partial charge in [-0.1, -0.05) is 30.2 Å². The van der Waals surface area contributed by atoms with Gasteiger partial charge >= 0.3 is 0 Å². The quantitative estimate of drug-likeness (QED) is 0.944. The van der Waals surface area contributed by atoms with Gasteiger partial charge in [0.1, 0.15) is 0 Å². The number of hydrogen-bond acceptors (Lipinski definition) is 3. The molecule has 4 nitrogen and oxygen atoms in total. The topological polar surface area (TPSA) is 55.1 Å². The maximum absolute atomic E-state index is 12.2. The largest absolute Gasteiger partial charge is 0.387 e. The third kappa shape index (κ3) is 2.97. The van der Waals surface area contributed by atoms with Gasteiger partial charge < -0.3 is 5.11 Å². The Hall–Kier alpha value is -1.94. The van der Waals surface area contributed by atoms with Crippen LogP contribution in [0, 0.1) is 13.8 Å². The molecule has 0 saturated heterocycles. The monoisotopic (exact) mass is 298 g/mol. The molecule has 22 heavy (non-hydrogen) atoms. The fourth-order valence-electron chi connectivity index (χ4n) is 2.91. The van der Waals surface area contributed by atoms with E-state index in [1.54, 1.807) is 12.4 Å². The van der Waals surface area contributed by atoms with Gasteiger partial charge in [-0.2, -0.15) is 0 Å². The molecule has 0 bridgehead atoms. The fourth-order valence-corrected chi connectivity index (χ4v) is 2.91. The summed E-state index contributed by atoms with van der Waals surface area (Å²) in [5, 5.41) is 10.5. The Kier molecular flexibility index (Phi) is 4.12. The summed E-state index contributed by atoms with van der Waals surface area (Å²) in [6.07, 6.45) is 4.35. The highest BCUT2D eigenvalue weighted by Gasteiger charge is 2.21. The van der Waals surface area contributed by atoms with Gasteiger partial charge in [-0.05, 0) is 37.8 Å². The molecule has 4 heteroatoms. The highest BCUT2D eigenvalue weighted by atomic mass is 16.3. The Morgan fingerprint density at radius 3 is 2.73 bits per heavy atom. The zero-order valence-corrected chi connectivity index (χ0v) is 13.1. The van der Waals surface area contributed by atoms with Crippen LogP contribution < -0.4 is 5.56 Å². The van der Waals surface area contributed by atoms with Gasteiger partial charge in [0.25, 0.3) is 5.56 Å². The van der Waals surface area contributed by atoms with Crippen LogP contribution in [0.2, 0.25) is 0 Å². The first kappa shape index (κ1) is 15.0. The summed E-state index contributed by atoms with van der Waals surface area (Å²) in [4.78, 5) is 16.6. The van der Waals surface area contributed by atoms with Gasteiger partial charge in [-0.15, -0.1) is 0 Å². The van der Waals surface area contributed by atoms with E-state index in [2.05, 4.69) is 4.98 Å². The normalized spacial score (nSPS) is 16.3. The van der Waals surface area contributed by atoms with Crippen LogP contribution in [0.4, 0.5) is 0 Å². The minimum atomic E-state index is -0.700. The molecule has 1 saturated carbocycles. The summed E-state index contributed by atoms with van der Waals surface area (Å²) < 4.78 is 1.49. The Balaban J connectivity index is 1.80. The second-order valence-electron chi connectivity index (χ2n) is 6.31. The van der Waals surface area contributed by atoms with E-state index in [0.29, 0.717) is 5.92 Å². The Labute approximate surface area is 130 Å². The van der Waals surface area contributed by atoms with Crippen molar-refractivity contribution in [2.45, 2.75) is 51.7 Å². The van der Waals surface area contributed by atoms with Gasteiger partial charge in [0.2, 0.25) is 0 Å². The zero-order valence-electron chi connectivity index (χ0n) is 13.1. The molecule has 2 aromatic rings. The van der Waals surface area contributed by atoms with E-state index in [1.807, 2.05) is 32.0 Å². The van der Waals surface area contributed by atoms with E-state index in [4.69, 9.17) is 0 Å². The van der Waals surface area contributed by atoms with Gasteiger partial charge in [-0.3, -0.25) is 9.36 Å². The van der Waals surface area contributed by atoms with Crippen molar-refractivity contribution < 1.29 is 5.11 Å². The highest BCUT2D eigenvalue weighted by Crippen LogP contribution is 2.34. The van der Waals surface area contributed by atoms with Crippen molar-refractivity contribution >= 4 is 0 Å². The molecule has 1 N–H and O–H groups in total. The van der Waals surface area contributed by atoms with Crippen molar-refractivity contribution in [1.82, 2.24) is 9.55 Å². The van der Waals surface area contributed by atoms with Crippen LogP contribution >= 0.6 is 0 Å². The molecular weight excluding hydrogens is 276 g/mol. The van der Waals surface area contributed by atoms with Crippen LogP contribution in [-0.4, -0.2) is 14.7 Å². The lowest BCUT2D eigenvalue weighted by Crippen LogP contribution is -2.25. The van der Waals surface area contributed by atoms with Crippen LogP contribution in [-0.2, 0) is 6.54 Å². The van der Waals surface area contributed by atoms with Crippen molar-refractivity contribution in [3.05, 3.63) is 63.3 Å². The second kappa shape index (κ2) is 6.05. The summed E-state index contributed by atoms with van der Waals surface area (Å²) >= 11 is 0. The third-order valence-corrected chi connectivity index (χ3v) is 4.59. The van der Waals surface area contributed by atoms with Gasteiger partial charge in [0.15, 0.2) is 0 Å². The molecule has 1 aliphatic rings. The summed E-state index contributed by atoms with van der Waals surface area (Å²) in [5.74, 6) is 0.450. The molecule has 0 spiro atoms. The van der Waals surface area contributed by atoms with E-state index in [-0.39, 0.29) is 12.1 Å². The van der Waals surface area contributed by atoms with Crippen LogP contribution in [0.25, 0.3) is 0 Å². The number of aliphatic hydroxyl groups is 1. The van der Waals surface area contributed by atoms with E-state index >= 15 is 0 Å². The molecule has 0 amide bonds. The maximum atomic E-state index is 12.2. The van der Waals surface area contributed by atoms with Crippen molar-refractivity contribution in [3.8, 4) is 0 Å². The number of aryl methyl sites for hydroxylation is 2. The number of nitrogens with zero attached hydrogens (tertiary/aromatic N) is 2. The molecule has 0 aliphatic heterocycles. The number of rotatable bonds is 4. The fraction of sp³-hybridized carbons (Fsp3) is 0.444. The molecule has 1 fully saturated rings. The Morgan fingerprint density at radius 1 is 1.32 bits per heavy atom. The molecule has 0 radical (unpaired) electrons. The smallest absolute Gasteiger partial charge is 0.253 e. The molecule has 116 valence electrons. The van der Waals surface area contributed by atoms with Crippen molar-refractivity contribution in [1.29, 1.82) is 0 Å². The van der Waals surface area contributed by atoms with Crippen LogP contribution in [0.1, 0.15) is 53.7 Å². The van der Waals surface area contributed by atoms with Crippen LogP contribution in [0.15, 0.2) is 35.4 Å². The number of aromatic nitrogens is 2. The van der Waals surface area contributed by atoms with E-state index < -0.39 is 6.10 Å². The van der Waals surface area contributed by atoms with Gasteiger partial charge in [0, 0.05) is 12.0 Å². The summed E-state index contributed by atoms with van der Waals surface area (Å²) in [6, 6.07) is 7.61. The van der Waals surface area contributed by atoms with Crippen molar-refractivity contribution in [2.24, 2.45) is 0 Å². The summed E-state index contributed by atoms with van der Waals surface area (Å²) in [7, 11) is 0. The third-order valence-electron chi connectivity index (χ3n) is 4.59. The first-order valence-corrected chi connectivity index (χ1v) is 7.86. The molecule has 0 unspecified atom stereocenters. The lowest BCUT2D eigenvalue weighted by Gasteiger charge is -2.24. The van der Waals surface area contributed by atoms with E-state index in [9.17, 15) is 9.90 Å². The average molecular weight is 298 g/mol. The maximum Gasteiger partial charge on any atom is 0.253 e. The van der Waals surface area contributed by atoms with Crippen LogP contribution in [0.5, 0.6) is 0 Å². The van der Waals surface area contributed by atoms with Crippen molar-refractivity contribution in [3.63, 3.8) is 0 Å². The first-order valence-electron chi connectivity index (χ1n) is 7.86. The standard InChI is InChI=1S/C18H22N2O2/c1-12-6-7-13(2)15(8-12)17(21)10-20-11-19-16(9-18(20)22)14-4-3-5-14/h6-9,11,14,17,21H,3-5,10H2,1-2H3/t17-/m1/s1. The minimum absolute atomic E-state index is 0.0822. The lowest BCUT2D eigenvalue weighted by atomic mass is 9.83. The van der Waals surface area contributed by atoms with Gasteiger partial charge in [0.05, 0.1) is 24.7 Å². The highest BCUT2D eigenvalue weighted by molar-refractivity contribution is 5.32. The lowest BCUT2D eigenvalue weighted by molar-refractivity contribution is 0.153. The van der Waals surface area contributed by atoms with E-state index in [0.717, 1.165) is 35.2 Å². The predicted octanol–water partition coefficient (Wildman–Crippen LogP) is 2.86. The molecule has 1 aromatic carbocycles. The summed E-state index contributed by atoms with van der Waals surface area (Å²) in [5.41, 5.74) is 3.82. The van der Waals surface area contributed by atoms with Gasteiger partial charge in [-0.25, -0.2) is 4.98 Å². The molecule has 1 aliphatic carbocycles. The Morgan fingerprint density at radius 2 is 2.09 bits per heavy atom. The zero-order chi connectivity index (χ0) is 15.7. The summed E-state index contributed by atoms with van der Waals surface area (Å²) in [6.45, 7) is 4.20.